The standard InChI is InChI=1S/C17H25N3O/c1-18-11-16-6-3-9-20(16)12-17(21)19-15-8-7-13-4-2-5-14(13)10-15/h7-8,10,16,18H,2-6,9,11-12H2,1H3,(H,19,21). The van der Waals surface area contributed by atoms with Gasteiger partial charge in [-0.15, -0.1) is 0 Å². The molecule has 114 valence electrons. The van der Waals surface area contributed by atoms with Gasteiger partial charge >= 0.3 is 0 Å². The molecule has 1 aromatic carbocycles. The molecule has 0 radical (unpaired) electrons. The molecule has 21 heavy (non-hydrogen) atoms. The predicted octanol–water partition coefficient (Wildman–Crippen LogP) is 1.80. The second kappa shape index (κ2) is 6.58. The Morgan fingerprint density at radius 1 is 1.29 bits per heavy atom. The second-order valence-corrected chi connectivity index (χ2v) is 6.21. The monoisotopic (exact) mass is 287 g/mol. The first-order valence-corrected chi connectivity index (χ1v) is 8.06. The highest BCUT2D eigenvalue weighted by Gasteiger charge is 2.25. The number of hydrogen-bond donors (Lipinski definition) is 2. The van der Waals surface area contributed by atoms with E-state index in [1.807, 2.05) is 13.1 Å². The van der Waals surface area contributed by atoms with Gasteiger partial charge in [-0.3, -0.25) is 9.69 Å². The Balaban J connectivity index is 1.56. The number of aryl methyl sites for hydroxylation is 2. The van der Waals surface area contributed by atoms with Crippen molar-refractivity contribution < 1.29 is 4.79 Å². The van der Waals surface area contributed by atoms with Crippen LogP contribution >= 0.6 is 0 Å². The van der Waals surface area contributed by atoms with Gasteiger partial charge in [0.05, 0.1) is 6.54 Å². The van der Waals surface area contributed by atoms with Gasteiger partial charge in [0.2, 0.25) is 5.91 Å². The lowest BCUT2D eigenvalue weighted by atomic mass is 10.1. The van der Waals surface area contributed by atoms with Crippen molar-refractivity contribution in [2.75, 3.05) is 32.0 Å². The fraction of sp³-hybridized carbons (Fsp3) is 0.588. The summed E-state index contributed by atoms with van der Waals surface area (Å²) < 4.78 is 0. The van der Waals surface area contributed by atoms with Crippen LogP contribution in [0.5, 0.6) is 0 Å². The van der Waals surface area contributed by atoms with E-state index in [1.54, 1.807) is 0 Å². The lowest BCUT2D eigenvalue weighted by Crippen LogP contribution is -2.41. The lowest BCUT2D eigenvalue weighted by molar-refractivity contribution is -0.117. The summed E-state index contributed by atoms with van der Waals surface area (Å²) in [5.74, 6) is 0.107. The van der Waals surface area contributed by atoms with E-state index >= 15 is 0 Å². The molecule has 0 spiro atoms. The van der Waals surface area contributed by atoms with Gasteiger partial charge in [-0.1, -0.05) is 6.07 Å². The molecule has 1 fully saturated rings. The number of anilines is 1. The van der Waals surface area contributed by atoms with Gasteiger partial charge in [-0.25, -0.2) is 0 Å². The molecule has 4 nitrogen and oxygen atoms in total. The molecule has 1 aliphatic heterocycles. The summed E-state index contributed by atoms with van der Waals surface area (Å²) in [5, 5.41) is 6.28. The molecule has 1 amide bonds. The minimum atomic E-state index is 0.107. The second-order valence-electron chi connectivity index (χ2n) is 6.21. The van der Waals surface area contributed by atoms with Crippen LogP contribution in [0.4, 0.5) is 5.69 Å². The Morgan fingerprint density at radius 3 is 3.00 bits per heavy atom. The number of carbonyl (C=O) groups is 1. The molecule has 2 N–H and O–H groups in total. The fourth-order valence-corrected chi connectivity index (χ4v) is 3.60. The molecule has 3 rings (SSSR count). The topological polar surface area (TPSA) is 44.4 Å². The summed E-state index contributed by atoms with van der Waals surface area (Å²) >= 11 is 0. The van der Waals surface area contributed by atoms with E-state index < -0.39 is 0 Å². The van der Waals surface area contributed by atoms with E-state index in [2.05, 4.69) is 27.7 Å². The third-order valence-electron chi connectivity index (χ3n) is 4.67. The maximum atomic E-state index is 12.2. The summed E-state index contributed by atoms with van der Waals surface area (Å²) in [6, 6.07) is 6.85. The van der Waals surface area contributed by atoms with E-state index in [-0.39, 0.29) is 5.91 Å². The number of fused-ring (bicyclic) bond motifs is 1. The van der Waals surface area contributed by atoms with Gasteiger partial charge in [0.25, 0.3) is 0 Å². The van der Waals surface area contributed by atoms with Crippen LogP contribution in [0.25, 0.3) is 0 Å². The molecule has 1 atom stereocenters. The highest BCUT2D eigenvalue weighted by atomic mass is 16.2. The van der Waals surface area contributed by atoms with Gasteiger partial charge in [0, 0.05) is 18.3 Å². The summed E-state index contributed by atoms with van der Waals surface area (Å²) in [6.07, 6.45) is 5.95. The van der Waals surface area contributed by atoms with Crippen LogP contribution in [0.15, 0.2) is 18.2 Å². The molecular weight excluding hydrogens is 262 g/mol. The van der Waals surface area contributed by atoms with Crippen LogP contribution < -0.4 is 10.6 Å². The molecule has 1 saturated heterocycles. The number of likely N-dealkylation sites (N-methyl/N-ethyl adjacent to an activating group) is 1. The molecular formula is C17H25N3O. The van der Waals surface area contributed by atoms with Crippen molar-refractivity contribution in [3.05, 3.63) is 29.3 Å². The lowest BCUT2D eigenvalue weighted by Gasteiger charge is -2.23. The molecule has 1 heterocycles. The van der Waals surface area contributed by atoms with Crippen LogP contribution in [0.2, 0.25) is 0 Å². The predicted molar refractivity (Wildman–Crippen MR) is 85.6 cm³/mol. The zero-order chi connectivity index (χ0) is 14.7. The minimum absolute atomic E-state index is 0.107. The smallest absolute Gasteiger partial charge is 0.238 e. The van der Waals surface area contributed by atoms with Crippen LogP contribution in [0, 0.1) is 0 Å². The SMILES string of the molecule is CNCC1CCCN1CC(=O)Nc1ccc2c(c1)CCC2. The molecule has 0 aromatic heterocycles. The first-order valence-electron chi connectivity index (χ1n) is 8.06. The third-order valence-corrected chi connectivity index (χ3v) is 4.67. The Hall–Kier alpha value is -1.39. The number of nitrogens with zero attached hydrogens (tertiary/aromatic N) is 1. The Kier molecular flexibility index (Phi) is 4.56. The number of carbonyl (C=O) groups excluding carboxylic acids is 1. The zero-order valence-corrected chi connectivity index (χ0v) is 12.8. The fourth-order valence-electron chi connectivity index (χ4n) is 3.60. The summed E-state index contributed by atoms with van der Waals surface area (Å²) in [7, 11) is 1.97. The molecule has 1 aliphatic carbocycles. The Morgan fingerprint density at radius 2 is 2.14 bits per heavy atom. The number of benzene rings is 1. The zero-order valence-electron chi connectivity index (χ0n) is 12.8. The van der Waals surface area contributed by atoms with E-state index in [9.17, 15) is 4.79 Å². The van der Waals surface area contributed by atoms with Crippen molar-refractivity contribution in [3.8, 4) is 0 Å². The van der Waals surface area contributed by atoms with Gasteiger partial charge < -0.3 is 10.6 Å². The average Bonchev–Trinajstić information content (AvgIpc) is 3.08. The summed E-state index contributed by atoms with van der Waals surface area (Å²) in [4.78, 5) is 14.5. The number of rotatable bonds is 5. The maximum Gasteiger partial charge on any atom is 0.238 e. The van der Waals surface area contributed by atoms with Crippen LogP contribution in [0.1, 0.15) is 30.4 Å². The van der Waals surface area contributed by atoms with E-state index in [4.69, 9.17) is 0 Å². The Bertz CT molecular complexity index is 515. The van der Waals surface area contributed by atoms with Gasteiger partial charge in [-0.2, -0.15) is 0 Å². The number of hydrogen-bond acceptors (Lipinski definition) is 3. The van der Waals surface area contributed by atoms with Crippen LogP contribution in [-0.2, 0) is 17.6 Å². The molecule has 2 aliphatic rings. The Labute approximate surface area is 126 Å². The summed E-state index contributed by atoms with van der Waals surface area (Å²) in [5.41, 5.74) is 3.80. The number of nitrogens with one attached hydrogen (secondary N) is 2. The molecule has 4 heteroatoms. The van der Waals surface area contributed by atoms with E-state index in [1.165, 1.54) is 36.8 Å². The highest BCUT2D eigenvalue weighted by molar-refractivity contribution is 5.92. The number of amides is 1. The first kappa shape index (κ1) is 14.5. The van der Waals surface area contributed by atoms with E-state index in [0.717, 1.165) is 25.2 Å². The van der Waals surface area contributed by atoms with Gasteiger partial charge in [-0.05, 0) is 69.0 Å². The van der Waals surface area contributed by atoms with Crippen molar-refractivity contribution in [2.45, 2.75) is 38.1 Å². The maximum absolute atomic E-state index is 12.2. The normalized spacial score (nSPS) is 21.5. The quantitative estimate of drug-likeness (QED) is 0.868. The molecule has 0 saturated carbocycles. The van der Waals surface area contributed by atoms with E-state index in [0.29, 0.717) is 12.6 Å². The molecule has 1 unspecified atom stereocenters. The van der Waals surface area contributed by atoms with Gasteiger partial charge in [0.1, 0.15) is 0 Å². The average molecular weight is 287 g/mol. The van der Waals surface area contributed by atoms with Crippen LogP contribution in [-0.4, -0.2) is 43.5 Å². The molecule has 1 aromatic rings. The van der Waals surface area contributed by atoms with Crippen molar-refractivity contribution in [1.82, 2.24) is 10.2 Å². The van der Waals surface area contributed by atoms with Crippen molar-refractivity contribution >= 4 is 11.6 Å². The highest BCUT2D eigenvalue weighted by Crippen LogP contribution is 2.25. The molecule has 0 bridgehead atoms. The van der Waals surface area contributed by atoms with Crippen molar-refractivity contribution in [2.24, 2.45) is 0 Å². The van der Waals surface area contributed by atoms with Crippen molar-refractivity contribution in [1.29, 1.82) is 0 Å². The van der Waals surface area contributed by atoms with Crippen molar-refractivity contribution in [3.63, 3.8) is 0 Å². The number of likely N-dealkylation sites (tertiary alicyclic amines) is 1. The largest absolute Gasteiger partial charge is 0.325 e. The summed E-state index contributed by atoms with van der Waals surface area (Å²) in [6.45, 7) is 2.50. The third kappa shape index (κ3) is 3.44. The first-order chi connectivity index (χ1) is 10.3. The van der Waals surface area contributed by atoms with Crippen LogP contribution in [0.3, 0.4) is 0 Å². The van der Waals surface area contributed by atoms with Gasteiger partial charge in [0.15, 0.2) is 0 Å². The minimum Gasteiger partial charge on any atom is -0.325 e.